The van der Waals surface area contributed by atoms with Gasteiger partial charge in [-0.2, -0.15) is 5.43 Å². The summed E-state index contributed by atoms with van der Waals surface area (Å²) in [6.45, 7) is 3.72. The largest absolute Gasteiger partial charge is 0.611 e. The molecule has 4 nitrogen and oxygen atoms in total. The maximum absolute atomic E-state index is 11.1. The number of hydrogen-bond acceptors (Lipinski definition) is 3. The summed E-state index contributed by atoms with van der Waals surface area (Å²) in [6.07, 6.45) is 3.99. The maximum atomic E-state index is 11.1. The van der Waals surface area contributed by atoms with Crippen LogP contribution < -0.4 is 5.43 Å². The van der Waals surface area contributed by atoms with Crippen molar-refractivity contribution in [1.29, 1.82) is 0 Å². The number of fused-ring (bicyclic) bond motifs is 1. The first-order valence-corrected chi connectivity index (χ1v) is 5.90. The monoisotopic (exact) mass is 241 g/mol. The number of hydrogen-bond donors (Lipinski definition) is 1. The molecule has 0 aromatic carbocycles. The summed E-state index contributed by atoms with van der Waals surface area (Å²) in [4.78, 5) is 3.84. The third kappa shape index (κ3) is 2.52. The Balaban J connectivity index is 0.000000120. The van der Waals surface area contributed by atoms with E-state index < -0.39 is 0 Å². The van der Waals surface area contributed by atoms with Crippen LogP contribution in [0.15, 0.2) is 18.3 Å². The van der Waals surface area contributed by atoms with Gasteiger partial charge in [0, 0.05) is 19.0 Å². The van der Waals surface area contributed by atoms with Crippen LogP contribution in [0.2, 0.25) is 5.15 Å². The zero-order chi connectivity index (χ0) is 11.6. The van der Waals surface area contributed by atoms with Gasteiger partial charge in [-0.3, -0.25) is 4.76 Å². The molecule has 88 valence electrons. The van der Waals surface area contributed by atoms with Gasteiger partial charge in [0.1, 0.15) is 11.2 Å². The number of hydroxylamine groups is 2. The van der Waals surface area contributed by atoms with E-state index in [0.29, 0.717) is 11.2 Å². The molecule has 0 saturated carbocycles. The lowest BCUT2D eigenvalue weighted by molar-refractivity contribution is -0.976. The number of aromatic nitrogens is 1. The van der Waals surface area contributed by atoms with E-state index in [0.717, 1.165) is 31.5 Å². The molecule has 2 atom stereocenters. The molecule has 0 amide bonds. The molecule has 1 aromatic rings. The zero-order valence-corrected chi connectivity index (χ0v) is 10.1. The van der Waals surface area contributed by atoms with E-state index in [4.69, 9.17) is 11.6 Å². The van der Waals surface area contributed by atoms with Gasteiger partial charge in [-0.05, 0) is 18.6 Å². The van der Waals surface area contributed by atoms with Crippen LogP contribution >= 0.6 is 11.6 Å². The highest BCUT2D eigenvalue weighted by Gasteiger charge is 2.43. The fourth-order valence-electron chi connectivity index (χ4n) is 2.01. The van der Waals surface area contributed by atoms with Crippen LogP contribution in [0.25, 0.3) is 0 Å². The van der Waals surface area contributed by atoms with Crippen molar-refractivity contribution in [3.8, 4) is 0 Å². The average Bonchev–Trinajstić information content (AvgIpc) is 2.51. The second kappa shape index (κ2) is 4.67. The summed E-state index contributed by atoms with van der Waals surface area (Å²) in [5.74, 6) is 0. The molecule has 5 heteroatoms. The predicted molar refractivity (Wildman–Crippen MR) is 63.5 cm³/mol. The number of rotatable bonds is 0. The van der Waals surface area contributed by atoms with Crippen molar-refractivity contribution in [3.05, 3.63) is 34.3 Å². The number of nitrogens with one attached hydrogen (secondary N) is 1. The first-order valence-electron chi connectivity index (χ1n) is 5.52. The normalized spacial score (nSPS) is 31.1. The van der Waals surface area contributed by atoms with E-state index in [2.05, 4.69) is 10.4 Å². The van der Waals surface area contributed by atoms with Gasteiger partial charge in [0.25, 0.3) is 0 Å². The molecule has 3 rings (SSSR count). The molecule has 0 radical (unpaired) electrons. The summed E-state index contributed by atoms with van der Waals surface area (Å²) >= 11 is 5.50. The van der Waals surface area contributed by atoms with E-state index in [-0.39, 0.29) is 4.76 Å². The minimum atomic E-state index is -0.0833. The van der Waals surface area contributed by atoms with Crippen molar-refractivity contribution in [3.63, 3.8) is 0 Å². The van der Waals surface area contributed by atoms with Crippen molar-refractivity contribution in [2.75, 3.05) is 13.1 Å². The van der Waals surface area contributed by atoms with E-state index in [1.165, 1.54) is 0 Å². The van der Waals surface area contributed by atoms with Gasteiger partial charge in [-0.25, -0.2) is 4.98 Å². The SMILES string of the molecule is Cc1ccc(Cl)nc1.[O-][N+]12CCCC1CN2. The molecular weight excluding hydrogens is 226 g/mol. The highest BCUT2D eigenvalue weighted by Crippen LogP contribution is 2.28. The standard InChI is InChI=1S/C6H6ClN.C5H10N2O/c1-5-2-3-6(7)8-4-5;8-7-3-1-2-5(7)4-6-7/h2-4H,1H3;5-6H,1-4H2. The summed E-state index contributed by atoms with van der Waals surface area (Å²) in [5, 5.41) is 11.7. The molecule has 2 saturated heterocycles. The summed E-state index contributed by atoms with van der Waals surface area (Å²) in [5.41, 5.74) is 4.00. The Morgan fingerprint density at radius 2 is 2.38 bits per heavy atom. The molecule has 2 aliphatic rings. The van der Waals surface area contributed by atoms with E-state index in [1.54, 1.807) is 12.3 Å². The van der Waals surface area contributed by atoms with Crippen LogP contribution in [0.1, 0.15) is 18.4 Å². The van der Waals surface area contributed by atoms with Crippen molar-refractivity contribution >= 4 is 11.6 Å². The third-order valence-electron chi connectivity index (χ3n) is 3.09. The highest BCUT2D eigenvalue weighted by molar-refractivity contribution is 6.29. The zero-order valence-electron chi connectivity index (χ0n) is 9.32. The molecule has 2 fully saturated rings. The fraction of sp³-hybridized carbons (Fsp3) is 0.545. The first kappa shape index (κ1) is 11.8. The van der Waals surface area contributed by atoms with Crippen molar-refractivity contribution in [2.24, 2.45) is 0 Å². The van der Waals surface area contributed by atoms with Crippen LogP contribution in [0.5, 0.6) is 0 Å². The van der Waals surface area contributed by atoms with E-state index >= 15 is 0 Å². The highest BCUT2D eigenvalue weighted by atomic mass is 35.5. The quantitative estimate of drug-likeness (QED) is 0.430. The smallest absolute Gasteiger partial charge is 0.129 e. The molecule has 2 unspecified atom stereocenters. The molecule has 0 bridgehead atoms. The van der Waals surface area contributed by atoms with Crippen molar-refractivity contribution in [2.45, 2.75) is 25.8 Å². The topological polar surface area (TPSA) is 48.0 Å². The van der Waals surface area contributed by atoms with Gasteiger partial charge in [-0.1, -0.05) is 17.7 Å². The van der Waals surface area contributed by atoms with Gasteiger partial charge in [0.05, 0.1) is 13.1 Å². The number of halogens is 1. The molecule has 3 heterocycles. The lowest BCUT2D eigenvalue weighted by Gasteiger charge is -2.51. The van der Waals surface area contributed by atoms with Gasteiger partial charge < -0.3 is 5.21 Å². The molecule has 2 aliphatic heterocycles. The minimum Gasteiger partial charge on any atom is -0.611 e. The molecule has 0 spiro atoms. The van der Waals surface area contributed by atoms with Gasteiger partial charge in [-0.15, -0.1) is 0 Å². The molecule has 16 heavy (non-hydrogen) atoms. The van der Waals surface area contributed by atoms with Crippen LogP contribution in [0.4, 0.5) is 0 Å². The van der Waals surface area contributed by atoms with Crippen molar-refractivity contribution in [1.82, 2.24) is 10.4 Å². The number of quaternary nitrogens is 1. The summed E-state index contributed by atoms with van der Waals surface area (Å²) in [6, 6.07) is 4.11. The number of pyridine rings is 1. The summed E-state index contributed by atoms with van der Waals surface area (Å²) in [7, 11) is 0. The van der Waals surface area contributed by atoms with Crippen LogP contribution in [0, 0.1) is 12.1 Å². The van der Waals surface area contributed by atoms with E-state index in [9.17, 15) is 5.21 Å². The summed E-state index contributed by atoms with van der Waals surface area (Å²) < 4.78 is -0.0833. The van der Waals surface area contributed by atoms with Crippen LogP contribution in [-0.4, -0.2) is 28.9 Å². The number of nitrogens with zero attached hydrogens (tertiary/aromatic N) is 2. The van der Waals surface area contributed by atoms with E-state index in [1.807, 2.05) is 13.0 Å². The average molecular weight is 242 g/mol. The van der Waals surface area contributed by atoms with Crippen molar-refractivity contribution < 1.29 is 4.76 Å². The second-order valence-electron chi connectivity index (χ2n) is 4.34. The Kier molecular flexibility index (Phi) is 3.44. The molecule has 0 aliphatic carbocycles. The predicted octanol–water partition coefficient (Wildman–Crippen LogP) is 2.03. The third-order valence-corrected chi connectivity index (χ3v) is 3.31. The Morgan fingerprint density at radius 1 is 1.56 bits per heavy atom. The second-order valence-corrected chi connectivity index (χ2v) is 4.72. The Hall–Kier alpha value is -0.680. The Labute approximate surface area is 100 Å². The van der Waals surface area contributed by atoms with Crippen LogP contribution in [0.3, 0.4) is 0 Å². The van der Waals surface area contributed by atoms with Gasteiger partial charge in [0.15, 0.2) is 0 Å². The Bertz CT molecular complexity index is 336. The lowest BCUT2D eigenvalue weighted by atomic mass is 10.2. The van der Waals surface area contributed by atoms with Gasteiger partial charge >= 0.3 is 0 Å². The Morgan fingerprint density at radius 3 is 2.69 bits per heavy atom. The lowest BCUT2D eigenvalue weighted by Crippen LogP contribution is -2.70. The molecule has 1 N–H and O–H groups in total. The molecule has 1 aromatic heterocycles. The molecular formula is C11H16ClN3O. The minimum absolute atomic E-state index is 0.0833. The van der Waals surface area contributed by atoms with Crippen LogP contribution in [-0.2, 0) is 0 Å². The number of aryl methyl sites for hydroxylation is 1. The first-order chi connectivity index (χ1) is 7.60. The van der Waals surface area contributed by atoms with Gasteiger partial charge in [0.2, 0.25) is 0 Å². The maximum Gasteiger partial charge on any atom is 0.129 e. The fourth-order valence-corrected chi connectivity index (χ4v) is 2.12.